The van der Waals surface area contributed by atoms with Crippen LogP contribution in [0, 0.1) is 25.7 Å². The Bertz CT molecular complexity index is 1580. The number of amides is 1. The van der Waals surface area contributed by atoms with E-state index in [9.17, 15) is 9.59 Å². The molecule has 7 heteroatoms. The Morgan fingerprint density at radius 3 is 2.84 bits per heavy atom. The van der Waals surface area contributed by atoms with Crippen LogP contribution < -0.4 is 4.90 Å². The smallest absolute Gasteiger partial charge is 0.332 e. The summed E-state index contributed by atoms with van der Waals surface area (Å²) in [6.45, 7) is 8.53. The zero-order chi connectivity index (χ0) is 28.8. The quantitative estimate of drug-likeness (QED) is 0.341. The van der Waals surface area contributed by atoms with E-state index in [0.717, 1.165) is 31.6 Å². The number of rotatable bonds is 0. The van der Waals surface area contributed by atoms with Crippen molar-refractivity contribution < 1.29 is 19.1 Å². The van der Waals surface area contributed by atoms with Gasteiger partial charge in [-0.15, -0.1) is 0 Å². The summed E-state index contributed by atoms with van der Waals surface area (Å²) >= 11 is 0. The fourth-order valence-electron chi connectivity index (χ4n) is 11.7. The first kappa shape index (κ1) is 25.6. The molecule has 0 radical (unpaired) electrons. The maximum absolute atomic E-state index is 13.4. The van der Waals surface area contributed by atoms with Crippen molar-refractivity contribution in [3.05, 3.63) is 64.3 Å². The van der Waals surface area contributed by atoms with Gasteiger partial charge in [-0.1, -0.05) is 36.3 Å². The van der Waals surface area contributed by atoms with Crippen LogP contribution >= 0.6 is 0 Å². The molecular formula is C36H41N3O4. The molecule has 1 saturated carbocycles. The average Bonchev–Trinajstić information content (AvgIpc) is 3.67. The molecule has 9 atom stereocenters. The van der Waals surface area contributed by atoms with Crippen LogP contribution in [0.1, 0.15) is 61.6 Å². The fraction of sp³-hybridized carbons (Fsp3) is 0.611. The van der Waals surface area contributed by atoms with Crippen LogP contribution in [0.3, 0.4) is 0 Å². The predicted octanol–water partition coefficient (Wildman–Crippen LogP) is 4.11. The molecule has 43 heavy (non-hydrogen) atoms. The lowest BCUT2D eigenvalue weighted by Crippen LogP contribution is -2.69. The van der Waals surface area contributed by atoms with Crippen LogP contribution in [0.15, 0.2) is 47.6 Å². The number of anilines is 1. The van der Waals surface area contributed by atoms with Gasteiger partial charge in [0.05, 0.1) is 31.2 Å². The molecule has 8 aliphatic heterocycles. The molecule has 6 fully saturated rings. The minimum absolute atomic E-state index is 0.0963. The highest BCUT2D eigenvalue weighted by Gasteiger charge is 2.71. The molecule has 4 bridgehead atoms. The molecule has 2 spiro atoms. The summed E-state index contributed by atoms with van der Waals surface area (Å²) in [6, 6.07) is 6.52. The van der Waals surface area contributed by atoms with Gasteiger partial charge < -0.3 is 14.4 Å². The minimum Gasteiger partial charge on any atom is -0.449 e. The van der Waals surface area contributed by atoms with E-state index >= 15 is 0 Å². The molecule has 2 aliphatic carbocycles. The summed E-state index contributed by atoms with van der Waals surface area (Å²) in [5.41, 5.74) is 7.88. The Labute approximate surface area is 253 Å². The van der Waals surface area contributed by atoms with Crippen LogP contribution in [-0.4, -0.2) is 83.8 Å². The van der Waals surface area contributed by atoms with Crippen LogP contribution in [0.4, 0.5) is 5.69 Å². The van der Waals surface area contributed by atoms with Crippen molar-refractivity contribution in [2.75, 3.05) is 31.1 Å². The number of aryl methyl sites for hydroxylation is 2. The molecule has 5 saturated heterocycles. The number of esters is 1. The standard InChI is InChI=1S/C23H26N2O2.C13H15NO2/c1-12-7-16-17(8-13(12)2)25-20(26)10-18-21-15-9-19-23(16,22(21)25)4-5-24(19)11-14(15)3-6-27-18;15-12-7-9-4-5-10-8-13(9,16-12)11-3-1-2-6-14(10)11/h3,7-8,15,18-19,21-22H,4-6,9-11H2,1-2H3;4-5,7,10-11H,1-3,6,8H2/t15-,18?,19+,21-,22?,23+;10-,11-,13?/m01/s1. The maximum Gasteiger partial charge on any atom is 0.332 e. The largest absolute Gasteiger partial charge is 0.449 e. The van der Waals surface area contributed by atoms with Gasteiger partial charge in [-0.3, -0.25) is 14.6 Å². The molecule has 0 N–H and O–H groups in total. The van der Waals surface area contributed by atoms with Gasteiger partial charge in [-0.2, -0.15) is 0 Å². The summed E-state index contributed by atoms with van der Waals surface area (Å²) in [4.78, 5) is 32.4. The molecule has 3 unspecified atom stereocenters. The minimum atomic E-state index is -0.281. The third-order valence-electron chi connectivity index (χ3n) is 13.5. The van der Waals surface area contributed by atoms with Gasteiger partial charge in [-0.05, 0) is 81.3 Å². The number of hydrogen-bond acceptors (Lipinski definition) is 6. The van der Waals surface area contributed by atoms with Crippen molar-refractivity contribution in [3.63, 3.8) is 0 Å². The zero-order valence-electron chi connectivity index (χ0n) is 25.3. The van der Waals surface area contributed by atoms with E-state index in [0.29, 0.717) is 43.0 Å². The second-order valence-electron chi connectivity index (χ2n) is 15.0. The number of carbonyl (C=O) groups is 2. The van der Waals surface area contributed by atoms with Crippen LogP contribution in [0.5, 0.6) is 0 Å². The van der Waals surface area contributed by atoms with Crippen molar-refractivity contribution in [1.82, 2.24) is 9.80 Å². The van der Waals surface area contributed by atoms with E-state index in [1.807, 2.05) is 0 Å². The van der Waals surface area contributed by atoms with Crippen molar-refractivity contribution >= 4 is 17.6 Å². The van der Waals surface area contributed by atoms with E-state index in [4.69, 9.17) is 9.47 Å². The lowest BCUT2D eigenvalue weighted by atomic mass is 9.53. The number of piperidine rings is 3. The molecule has 7 nitrogen and oxygen atoms in total. The SMILES string of the molecule is Cc1cc2c(cc1C)[C@@]13CCN4CC5=CCOC6CC(=O)N2C1[C@H]6[C@H]5C[C@@H]43.O=C1C=C2C=C[C@@H]3CC2(O1)[C@H]1CCCCN31. The summed E-state index contributed by atoms with van der Waals surface area (Å²) in [7, 11) is 0. The first-order chi connectivity index (χ1) is 20.9. The van der Waals surface area contributed by atoms with Crippen LogP contribution in [0.25, 0.3) is 0 Å². The van der Waals surface area contributed by atoms with Crippen LogP contribution in [0.2, 0.25) is 0 Å². The predicted molar refractivity (Wildman–Crippen MR) is 162 cm³/mol. The van der Waals surface area contributed by atoms with E-state index in [2.05, 4.69) is 58.9 Å². The third-order valence-corrected chi connectivity index (χ3v) is 13.5. The molecular weight excluding hydrogens is 538 g/mol. The van der Waals surface area contributed by atoms with E-state index < -0.39 is 0 Å². The van der Waals surface area contributed by atoms with Crippen molar-refractivity contribution in [2.24, 2.45) is 11.8 Å². The fourth-order valence-corrected chi connectivity index (χ4v) is 11.7. The average molecular weight is 580 g/mol. The number of nitrogens with zero attached hydrogens (tertiary/aromatic N) is 3. The first-order valence-electron chi connectivity index (χ1n) is 16.8. The summed E-state index contributed by atoms with van der Waals surface area (Å²) in [6.07, 6.45) is 16.2. The Kier molecular flexibility index (Phi) is 5.05. The zero-order valence-corrected chi connectivity index (χ0v) is 25.3. The molecule has 10 aliphatic rings. The Morgan fingerprint density at radius 2 is 1.93 bits per heavy atom. The number of carbonyl (C=O) groups excluding carboxylic acids is 2. The molecule has 1 aromatic rings. The first-order valence-corrected chi connectivity index (χ1v) is 16.8. The van der Waals surface area contributed by atoms with Crippen molar-refractivity contribution in [3.8, 4) is 0 Å². The number of ether oxygens (including phenoxy) is 2. The van der Waals surface area contributed by atoms with Gasteiger partial charge in [0.2, 0.25) is 5.91 Å². The highest BCUT2D eigenvalue weighted by atomic mass is 16.6. The Hall–Kier alpha value is -2.74. The molecule has 11 rings (SSSR count). The van der Waals surface area contributed by atoms with Gasteiger partial charge in [0.1, 0.15) is 0 Å². The van der Waals surface area contributed by atoms with Gasteiger partial charge in [0.15, 0.2) is 5.60 Å². The normalized spacial score (nSPS) is 44.0. The van der Waals surface area contributed by atoms with E-state index in [1.54, 1.807) is 11.6 Å². The van der Waals surface area contributed by atoms with Crippen molar-refractivity contribution in [1.29, 1.82) is 0 Å². The second-order valence-corrected chi connectivity index (χ2v) is 15.0. The van der Waals surface area contributed by atoms with Gasteiger partial charge >= 0.3 is 5.97 Å². The topological polar surface area (TPSA) is 62.3 Å². The lowest BCUT2D eigenvalue weighted by Gasteiger charge is -2.58. The Morgan fingerprint density at radius 1 is 1.05 bits per heavy atom. The molecule has 224 valence electrons. The summed E-state index contributed by atoms with van der Waals surface area (Å²) < 4.78 is 12.0. The molecule has 1 aromatic carbocycles. The third kappa shape index (κ3) is 3.07. The summed E-state index contributed by atoms with van der Waals surface area (Å²) in [5, 5.41) is 0. The second kappa shape index (κ2) is 8.49. The van der Waals surface area contributed by atoms with E-state index in [1.165, 1.54) is 54.5 Å². The number of fused-ring (bicyclic) bond motifs is 5. The number of benzene rings is 1. The van der Waals surface area contributed by atoms with Crippen LogP contribution in [-0.2, 0) is 24.5 Å². The Balaban J connectivity index is 0.000000131. The van der Waals surface area contributed by atoms with Gasteiger partial charge in [-0.25, -0.2) is 4.79 Å². The highest BCUT2D eigenvalue weighted by molar-refractivity contribution is 5.99. The molecule has 1 amide bonds. The maximum atomic E-state index is 13.4. The summed E-state index contributed by atoms with van der Waals surface area (Å²) in [5.74, 6) is 1.19. The highest BCUT2D eigenvalue weighted by Crippen LogP contribution is 2.66. The number of hydrogen-bond donors (Lipinski definition) is 0. The molecule has 8 heterocycles. The monoisotopic (exact) mass is 579 g/mol. The van der Waals surface area contributed by atoms with E-state index in [-0.39, 0.29) is 35.0 Å². The van der Waals surface area contributed by atoms with Gasteiger partial charge in [0.25, 0.3) is 0 Å². The molecule has 0 aromatic heterocycles. The lowest BCUT2D eigenvalue weighted by molar-refractivity contribution is -0.148. The van der Waals surface area contributed by atoms with Crippen molar-refractivity contribution in [2.45, 2.75) is 100 Å². The van der Waals surface area contributed by atoms with Gasteiger partial charge in [0, 0.05) is 53.7 Å².